The minimum atomic E-state index is -0.353. The van der Waals surface area contributed by atoms with Gasteiger partial charge in [0.25, 0.3) is 0 Å². The third-order valence-electron chi connectivity index (χ3n) is 3.45. The standard InChI is InChI=1S/C12H20N4O3/c1-8(17)15-9-3-2-4-16(7-9)12(19)10-5-14-11(18)6-13-10/h9-10,13H,2-7H2,1H3,(H,14,18)(H,15,17). The van der Waals surface area contributed by atoms with Crippen LogP contribution in [0.2, 0.25) is 0 Å². The van der Waals surface area contributed by atoms with E-state index in [-0.39, 0.29) is 36.3 Å². The molecular weight excluding hydrogens is 248 g/mol. The fraction of sp³-hybridized carbons (Fsp3) is 0.750. The molecule has 3 amide bonds. The van der Waals surface area contributed by atoms with E-state index in [1.807, 2.05) is 0 Å². The number of hydrogen-bond donors (Lipinski definition) is 3. The van der Waals surface area contributed by atoms with Crippen molar-refractivity contribution in [3.05, 3.63) is 0 Å². The van der Waals surface area contributed by atoms with E-state index in [2.05, 4.69) is 16.0 Å². The lowest BCUT2D eigenvalue weighted by Crippen LogP contribution is -2.60. The molecule has 2 saturated heterocycles. The number of amides is 3. The van der Waals surface area contributed by atoms with E-state index in [1.54, 1.807) is 4.90 Å². The number of nitrogens with one attached hydrogen (secondary N) is 3. The van der Waals surface area contributed by atoms with Crippen LogP contribution in [0.4, 0.5) is 0 Å². The van der Waals surface area contributed by atoms with Crippen molar-refractivity contribution in [2.24, 2.45) is 0 Å². The summed E-state index contributed by atoms with van der Waals surface area (Å²) in [6.07, 6.45) is 1.79. The number of carbonyl (C=O) groups excluding carboxylic acids is 3. The second kappa shape index (κ2) is 6.01. The summed E-state index contributed by atoms with van der Waals surface area (Å²) in [4.78, 5) is 36.1. The van der Waals surface area contributed by atoms with Gasteiger partial charge in [0.2, 0.25) is 17.7 Å². The number of nitrogens with zero attached hydrogens (tertiary/aromatic N) is 1. The molecular formula is C12H20N4O3. The second-order valence-corrected chi connectivity index (χ2v) is 5.06. The highest BCUT2D eigenvalue weighted by Crippen LogP contribution is 2.11. The molecule has 0 saturated carbocycles. The average molecular weight is 268 g/mol. The van der Waals surface area contributed by atoms with E-state index >= 15 is 0 Å². The Balaban J connectivity index is 1.88. The van der Waals surface area contributed by atoms with Crippen molar-refractivity contribution in [3.63, 3.8) is 0 Å². The Morgan fingerprint density at radius 2 is 2.21 bits per heavy atom. The molecule has 19 heavy (non-hydrogen) atoms. The van der Waals surface area contributed by atoms with Crippen LogP contribution in [0.5, 0.6) is 0 Å². The van der Waals surface area contributed by atoms with Gasteiger partial charge in [0.15, 0.2) is 0 Å². The lowest BCUT2D eigenvalue weighted by atomic mass is 10.0. The van der Waals surface area contributed by atoms with Crippen LogP contribution >= 0.6 is 0 Å². The summed E-state index contributed by atoms with van der Waals surface area (Å²) >= 11 is 0. The van der Waals surface area contributed by atoms with Crippen LogP contribution in [0.1, 0.15) is 19.8 Å². The first kappa shape index (κ1) is 13.8. The zero-order valence-electron chi connectivity index (χ0n) is 11.1. The van der Waals surface area contributed by atoms with Crippen LogP contribution in [-0.4, -0.2) is 60.9 Å². The third-order valence-corrected chi connectivity index (χ3v) is 3.45. The first-order chi connectivity index (χ1) is 9.06. The molecule has 2 aliphatic heterocycles. The van der Waals surface area contributed by atoms with E-state index in [4.69, 9.17) is 0 Å². The highest BCUT2D eigenvalue weighted by atomic mass is 16.2. The number of piperazine rings is 1. The van der Waals surface area contributed by atoms with Gasteiger partial charge < -0.3 is 15.5 Å². The summed E-state index contributed by atoms with van der Waals surface area (Å²) in [5.41, 5.74) is 0. The first-order valence-corrected chi connectivity index (χ1v) is 6.62. The van der Waals surface area contributed by atoms with Crippen LogP contribution in [0.25, 0.3) is 0 Å². The van der Waals surface area contributed by atoms with Crippen LogP contribution in [0.15, 0.2) is 0 Å². The van der Waals surface area contributed by atoms with Gasteiger partial charge in [-0.15, -0.1) is 0 Å². The molecule has 2 rings (SSSR count). The molecule has 0 aliphatic carbocycles. The predicted molar refractivity (Wildman–Crippen MR) is 68.2 cm³/mol. The van der Waals surface area contributed by atoms with Crippen molar-refractivity contribution in [1.29, 1.82) is 0 Å². The fourth-order valence-corrected chi connectivity index (χ4v) is 2.54. The van der Waals surface area contributed by atoms with Crippen LogP contribution in [0.3, 0.4) is 0 Å². The normalized spacial score (nSPS) is 27.6. The van der Waals surface area contributed by atoms with Gasteiger partial charge in [-0.3, -0.25) is 19.7 Å². The summed E-state index contributed by atoms with van der Waals surface area (Å²) < 4.78 is 0. The molecule has 0 aromatic carbocycles. The van der Waals surface area contributed by atoms with E-state index in [0.29, 0.717) is 19.6 Å². The zero-order chi connectivity index (χ0) is 13.8. The predicted octanol–water partition coefficient (Wildman–Crippen LogP) is -1.80. The highest BCUT2D eigenvalue weighted by molar-refractivity contribution is 5.87. The molecule has 106 valence electrons. The van der Waals surface area contributed by atoms with Crippen LogP contribution in [-0.2, 0) is 14.4 Å². The Kier molecular flexibility index (Phi) is 4.36. The molecule has 0 aromatic rings. The van der Waals surface area contributed by atoms with Gasteiger partial charge in [-0.2, -0.15) is 0 Å². The van der Waals surface area contributed by atoms with E-state index in [9.17, 15) is 14.4 Å². The number of carbonyl (C=O) groups is 3. The molecule has 2 atom stereocenters. The van der Waals surface area contributed by atoms with E-state index in [0.717, 1.165) is 12.8 Å². The topological polar surface area (TPSA) is 90.5 Å². The maximum absolute atomic E-state index is 12.3. The Morgan fingerprint density at radius 3 is 2.84 bits per heavy atom. The number of piperidine rings is 1. The molecule has 2 heterocycles. The lowest BCUT2D eigenvalue weighted by molar-refractivity contribution is -0.136. The van der Waals surface area contributed by atoms with Gasteiger partial charge in [0, 0.05) is 32.6 Å². The molecule has 3 N–H and O–H groups in total. The Hall–Kier alpha value is -1.63. The molecule has 7 heteroatoms. The Bertz CT molecular complexity index is 375. The van der Waals surface area contributed by atoms with Gasteiger partial charge in [0.1, 0.15) is 6.04 Å². The molecule has 0 radical (unpaired) electrons. The SMILES string of the molecule is CC(=O)NC1CCCN(C(=O)C2CNC(=O)CN2)C1. The first-order valence-electron chi connectivity index (χ1n) is 6.62. The zero-order valence-corrected chi connectivity index (χ0v) is 11.1. The highest BCUT2D eigenvalue weighted by Gasteiger charge is 2.31. The quantitative estimate of drug-likeness (QED) is 0.551. The van der Waals surface area contributed by atoms with Gasteiger partial charge in [-0.1, -0.05) is 0 Å². The number of likely N-dealkylation sites (tertiary alicyclic amines) is 1. The summed E-state index contributed by atoms with van der Waals surface area (Å²) in [5, 5.41) is 8.46. The number of hydrogen-bond acceptors (Lipinski definition) is 4. The summed E-state index contributed by atoms with van der Waals surface area (Å²) in [5.74, 6) is -0.156. The minimum Gasteiger partial charge on any atom is -0.353 e. The van der Waals surface area contributed by atoms with Crippen molar-refractivity contribution in [1.82, 2.24) is 20.9 Å². The summed E-state index contributed by atoms with van der Waals surface area (Å²) in [7, 11) is 0. The van der Waals surface area contributed by atoms with Crippen molar-refractivity contribution >= 4 is 17.7 Å². The second-order valence-electron chi connectivity index (χ2n) is 5.06. The molecule has 2 aliphatic rings. The minimum absolute atomic E-state index is 0.00458. The molecule has 0 spiro atoms. The number of rotatable bonds is 2. The fourth-order valence-electron chi connectivity index (χ4n) is 2.54. The summed E-state index contributed by atoms with van der Waals surface area (Å²) in [6, 6.07) is -0.317. The van der Waals surface area contributed by atoms with E-state index in [1.165, 1.54) is 6.92 Å². The third kappa shape index (κ3) is 3.66. The molecule has 2 fully saturated rings. The van der Waals surface area contributed by atoms with Gasteiger partial charge >= 0.3 is 0 Å². The van der Waals surface area contributed by atoms with Crippen molar-refractivity contribution in [2.45, 2.75) is 31.8 Å². The molecule has 7 nitrogen and oxygen atoms in total. The Morgan fingerprint density at radius 1 is 1.42 bits per heavy atom. The van der Waals surface area contributed by atoms with Crippen molar-refractivity contribution in [3.8, 4) is 0 Å². The summed E-state index contributed by atoms with van der Waals surface area (Å²) in [6.45, 7) is 3.25. The van der Waals surface area contributed by atoms with Gasteiger partial charge in [0.05, 0.1) is 6.54 Å². The Labute approximate surface area is 112 Å². The lowest BCUT2D eigenvalue weighted by Gasteiger charge is -2.36. The molecule has 0 aromatic heterocycles. The van der Waals surface area contributed by atoms with Gasteiger partial charge in [-0.05, 0) is 12.8 Å². The van der Waals surface area contributed by atoms with Gasteiger partial charge in [-0.25, -0.2) is 0 Å². The van der Waals surface area contributed by atoms with Crippen LogP contribution in [0, 0.1) is 0 Å². The van der Waals surface area contributed by atoms with Crippen molar-refractivity contribution < 1.29 is 14.4 Å². The maximum Gasteiger partial charge on any atom is 0.241 e. The monoisotopic (exact) mass is 268 g/mol. The largest absolute Gasteiger partial charge is 0.353 e. The smallest absolute Gasteiger partial charge is 0.241 e. The van der Waals surface area contributed by atoms with Crippen LogP contribution < -0.4 is 16.0 Å². The molecule has 2 unspecified atom stereocenters. The molecule has 0 bridgehead atoms. The van der Waals surface area contributed by atoms with E-state index < -0.39 is 0 Å². The van der Waals surface area contributed by atoms with Crippen molar-refractivity contribution in [2.75, 3.05) is 26.2 Å². The maximum atomic E-state index is 12.3. The average Bonchev–Trinajstić information content (AvgIpc) is 2.38.